The van der Waals surface area contributed by atoms with Crippen LogP contribution >= 0.6 is 28.3 Å². The number of aryl methyl sites for hydroxylation is 1. The zero-order valence-corrected chi connectivity index (χ0v) is 12.2. The molecule has 0 spiro atoms. The van der Waals surface area contributed by atoms with Crippen molar-refractivity contribution in [2.24, 2.45) is 5.73 Å². The molecule has 1 atom stereocenters. The van der Waals surface area contributed by atoms with Crippen molar-refractivity contribution in [3.05, 3.63) is 27.2 Å². The molecular formula is C11H15BrClNO3. The van der Waals surface area contributed by atoms with Gasteiger partial charge in [-0.3, -0.25) is 4.79 Å². The molecule has 0 radical (unpaired) electrons. The average Bonchev–Trinajstić information content (AvgIpc) is 2.24. The normalized spacial score (nSPS) is 11.6. The first kappa shape index (κ1) is 16.2. The first-order chi connectivity index (χ1) is 7.40. The van der Waals surface area contributed by atoms with Gasteiger partial charge in [-0.2, -0.15) is 0 Å². The van der Waals surface area contributed by atoms with E-state index in [1.807, 2.05) is 6.92 Å². The molecule has 4 nitrogen and oxygen atoms in total. The summed E-state index contributed by atoms with van der Waals surface area (Å²) in [5.74, 6) is -0.565. The topological polar surface area (TPSA) is 72.5 Å². The van der Waals surface area contributed by atoms with E-state index in [0.717, 1.165) is 15.6 Å². The zero-order chi connectivity index (χ0) is 12.5. The predicted octanol–water partition coefficient (Wildman–Crippen LogP) is 2.37. The number of halogens is 2. The van der Waals surface area contributed by atoms with E-state index in [1.54, 1.807) is 13.0 Å². The van der Waals surface area contributed by atoms with Gasteiger partial charge in [-0.25, -0.2) is 0 Å². The fraction of sp³-hybridized carbons (Fsp3) is 0.364. The summed E-state index contributed by atoms with van der Waals surface area (Å²) in [6.45, 7) is 3.64. The van der Waals surface area contributed by atoms with Crippen LogP contribution in [0.25, 0.3) is 0 Å². The number of carbonyl (C=O) groups excluding carboxylic acids is 1. The Bertz CT molecular complexity index is 437. The number of phenolic OH excluding ortho intramolecular Hbond substituents is 1. The minimum atomic E-state index is -0.970. The second kappa shape index (κ2) is 6.23. The van der Waals surface area contributed by atoms with Gasteiger partial charge in [-0.05, 0) is 31.0 Å². The lowest BCUT2D eigenvalue weighted by molar-refractivity contribution is -0.142. The summed E-state index contributed by atoms with van der Waals surface area (Å²) in [5.41, 5.74) is 7.74. The molecule has 0 bridgehead atoms. The smallest absolute Gasteiger partial charge is 0.327 e. The van der Waals surface area contributed by atoms with Crippen molar-refractivity contribution in [1.82, 2.24) is 0 Å². The van der Waals surface area contributed by atoms with Crippen molar-refractivity contribution in [2.45, 2.75) is 19.9 Å². The highest BCUT2D eigenvalue weighted by Crippen LogP contribution is 2.34. The maximum Gasteiger partial charge on any atom is 0.327 e. The van der Waals surface area contributed by atoms with Crippen LogP contribution in [-0.4, -0.2) is 18.2 Å². The van der Waals surface area contributed by atoms with E-state index in [2.05, 4.69) is 20.7 Å². The van der Waals surface area contributed by atoms with Crippen LogP contribution in [0.4, 0.5) is 0 Å². The fourth-order valence-electron chi connectivity index (χ4n) is 1.59. The monoisotopic (exact) mass is 323 g/mol. The lowest BCUT2D eigenvalue weighted by Crippen LogP contribution is -2.23. The van der Waals surface area contributed by atoms with E-state index in [9.17, 15) is 9.90 Å². The molecule has 96 valence electrons. The highest BCUT2D eigenvalue weighted by molar-refractivity contribution is 9.10. The van der Waals surface area contributed by atoms with E-state index in [-0.39, 0.29) is 18.2 Å². The second-order valence-corrected chi connectivity index (χ2v) is 4.36. The third-order valence-electron chi connectivity index (χ3n) is 2.47. The van der Waals surface area contributed by atoms with E-state index in [4.69, 9.17) is 5.73 Å². The van der Waals surface area contributed by atoms with Crippen molar-refractivity contribution in [3.8, 4) is 5.75 Å². The summed E-state index contributed by atoms with van der Waals surface area (Å²) in [6.07, 6.45) is 0. The zero-order valence-electron chi connectivity index (χ0n) is 9.78. The van der Waals surface area contributed by atoms with Crippen molar-refractivity contribution in [1.29, 1.82) is 0 Å². The van der Waals surface area contributed by atoms with Gasteiger partial charge in [0.05, 0.1) is 7.11 Å². The maximum absolute atomic E-state index is 11.3. The van der Waals surface area contributed by atoms with Crippen molar-refractivity contribution in [2.75, 3.05) is 7.11 Å². The fourth-order valence-corrected chi connectivity index (χ4v) is 1.92. The molecule has 0 saturated carbocycles. The lowest BCUT2D eigenvalue weighted by Gasteiger charge is -2.16. The third-order valence-corrected chi connectivity index (χ3v) is 3.69. The largest absolute Gasteiger partial charge is 0.508 e. The Balaban J connectivity index is 0.00000256. The van der Waals surface area contributed by atoms with Gasteiger partial charge >= 0.3 is 5.97 Å². The number of phenols is 1. The highest BCUT2D eigenvalue weighted by Gasteiger charge is 2.23. The van der Waals surface area contributed by atoms with Gasteiger partial charge in [0.2, 0.25) is 0 Å². The number of esters is 1. The van der Waals surface area contributed by atoms with Gasteiger partial charge in [0, 0.05) is 10.0 Å². The van der Waals surface area contributed by atoms with Crippen LogP contribution in [0.15, 0.2) is 10.5 Å². The SMILES string of the molecule is COC(=O)[C@@H](N)c1c(O)cc(C)c(Br)c1C.Cl. The molecule has 0 heterocycles. The summed E-state index contributed by atoms with van der Waals surface area (Å²) in [4.78, 5) is 11.3. The molecular weight excluding hydrogens is 309 g/mol. The number of ether oxygens (including phenoxy) is 1. The molecule has 0 aliphatic carbocycles. The van der Waals surface area contributed by atoms with Crippen LogP contribution in [0.5, 0.6) is 5.75 Å². The van der Waals surface area contributed by atoms with Crippen LogP contribution in [-0.2, 0) is 9.53 Å². The third kappa shape index (κ3) is 3.12. The van der Waals surface area contributed by atoms with Gasteiger partial charge in [0.25, 0.3) is 0 Å². The van der Waals surface area contributed by atoms with Crippen LogP contribution < -0.4 is 5.73 Å². The van der Waals surface area contributed by atoms with E-state index >= 15 is 0 Å². The van der Waals surface area contributed by atoms with Gasteiger partial charge in [0.15, 0.2) is 0 Å². The number of nitrogens with two attached hydrogens (primary N) is 1. The molecule has 1 aromatic carbocycles. The number of hydrogen-bond acceptors (Lipinski definition) is 4. The number of aromatic hydroxyl groups is 1. The van der Waals surface area contributed by atoms with E-state index in [0.29, 0.717) is 5.56 Å². The van der Waals surface area contributed by atoms with Crippen LogP contribution in [0.1, 0.15) is 22.7 Å². The van der Waals surface area contributed by atoms with Gasteiger partial charge < -0.3 is 15.6 Å². The lowest BCUT2D eigenvalue weighted by atomic mass is 9.98. The first-order valence-electron chi connectivity index (χ1n) is 4.72. The molecule has 6 heteroatoms. The van der Waals surface area contributed by atoms with Crippen molar-refractivity contribution in [3.63, 3.8) is 0 Å². The number of hydrogen-bond donors (Lipinski definition) is 2. The number of methoxy groups -OCH3 is 1. The Morgan fingerprint density at radius 2 is 2.06 bits per heavy atom. The summed E-state index contributed by atoms with van der Waals surface area (Å²) in [6, 6.07) is 0.594. The van der Waals surface area contributed by atoms with Crippen LogP contribution in [0.2, 0.25) is 0 Å². The Kier molecular flexibility index (Phi) is 5.95. The summed E-state index contributed by atoms with van der Waals surface area (Å²) >= 11 is 3.38. The van der Waals surface area contributed by atoms with Crippen LogP contribution in [0.3, 0.4) is 0 Å². The molecule has 0 saturated heterocycles. The van der Waals surface area contributed by atoms with Gasteiger partial charge in [-0.1, -0.05) is 15.9 Å². The molecule has 1 rings (SSSR count). The standard InChI is InChI=1S/C11H14BrNO3.ClH/c1-5-4-7(14)8(6(2)9(5)12)10(13)11(15)16-3;/h4,10,14H,13H2,1-3H3;1H/t10-;/m0./s1. The quantitative estimate of drug-likeness (QED) is 0.819. The van der Waals surface area contributed by atoms with E-state index in [1.165, 1.54) is 7.11 Å². The molecule has 1 aromatic rings. The first-order valence-corrected chi connectivity index (χ1v) is 5.51. The highest BCUT2D eigenvalue weighted by atomic mass is 79.9. The van der Waals surface area contributed by atoms with E-state index < -0.39 is 12.0 Å². The number of rotatable bonds is 2. The van der Waals surface area contributed by atoms with Crippen molar-refractivity contribution < 1.29 is 14.6 Å². The summed E-state index contributed by atoms with van der Waals surface area (Å²) < 4.78 is 5.39. The molecule has 3 N–H and O–H groups in total. The minimum Gasteiger partial charge on any atom is -0.508 e. The molecule has 0 aliphatic rings. The van der Waals surface area contributed by atoms with Gasteiger partial charge in [-0.15, -0.1) is 12.4 Å². The van der Waals surface area contributed by atoms with Gasteiger partial charge in [0.1, 0.15) is 11.8 Å². The summed E-state index contributed by atoms with van der Waals surface area (Å²) in [7, 11) is 1.26. The predicted molar refractivity (Wildman–Crippen MR) is 71.5 cm³/mol. The maximum atomic E-state index is 11.3. The molecule has 0 fully saturated rings. The Morgan fingerprint density at radius 3 is 2.53 bits per heavy atom. The van der Waals surface area contributed by atoms with Crippen LogP contribution in [0, 0.1) is 13.8 Å². The molecule has 0 unspecified atom stereocenters. The minimum absolute atomic E-state index is 0. The Hall–Kier alpha value is -0.780. The number of benzene rings is 1. The van der Waals surface area contributed by atoms with Crippen molar-refractivity contribution >= 4 is 34.3 Å². The summed E-state index contributed by atoms with van der Waals surface area (Å²) in [5, 5.41) is 9.80. The molecule has 0 aliphatic heterocycles. The molecule has 17 heavy (non-hydrogen) atoms. The Morgan fingerprint density at radius 1 is 1.53 bits per heavy atom. The average molecular weight is 325 g/mol. The Labute approximate surface area is 115 Å². The number of carbonyl (C=O) groups is 1. The molecule has 0 amide bonds. The second-order valence-electron chi connectivity index (χ2n) is 3.57. The molecule has 0 aromatic heterocycles.